The van der Waals surface area contributed by atoms with Gasteiger partial charge in [-0.1, -0.05) is 12.1 Å². The van der Waals surface area contributed by atoms with Gasteiger partial charge in [-0.3, -0.25) is 4.68 Å². The second kappa shape index (κ2) is 4.06. The van der Waals surface area contributed by atoms with E-state index in [1.54, 1.807) is 16.8 Å². The average molecular weight is 219 g/mol. The summed E-state index contributed by atoms with van der Waals surface area (Å²) in [5.74, 6) is -0.241. The van der Waals surface area contributed by atoms with E-state index >= 15 is 0 Å². The topological polar surface area (TPSA) is 43.8 Å². The molecule has 4 heteroatoms. The van der Waals surface area contributed by atoms with Crippen LogP contribution in [-0.4, -0.2) is 9.78 Å². The molecule has 1 aromatic heterocycles. The largest absolute Gasteiger partial charge is 0.323 e. The summed E-state index contributed by atoms with van der Waals surface area (Å²) >= 11 is 0. The number of benzene rings is 1. The monoisotopic (exact) mass is 219 g/mol. The van der Waals surface area contributed by atoms with Crippen LogP contribution in [0.1, 0.15) is 18.7 Å². The Morgan fingerprint density at radius 3 is 2.50 bits per heavy atom. The van der Waals surface area contributed by atoms with Gasteiger partial charge in [-0.05, 0) is 24.6 Å². The number of hydrogen-bond donors (Lipinski definition) is 1. The van der Waals surface area contributed by atoms with Crippen molar-refractivity contribution in [1.82, 2.24) is 9.78 Å². The van der Waals surface area contributed by atoms with Crippen LogP contribution in [0, 0.1) is 5.82 Å². The van der Waals surface area contributed by atoms with Crippen molar-refractivity contribution in [3.8, 4) is 11.1 Å². The van der Waals surface area contributed by atoms with E-state index < -0.39 is 0 Å². The third kappa shape index (κ3) is 1.97. The maximum atomic E-state index is 12.8. The van der Waals surface area contributed by atoms with Gasteiger partial charge in [0.15, 0.2) is 0 Å². The summed E-state index contributed by atoms with van der Waals surface area (Å²) in [6.45, 7) is 1.88. The summed E-state index contributed by atoms with van der Waals surface area (Å²) in [6.07, 6.45) is 1.89. The minimum absolute atomic E-state index is 0.138. The molecule has 2 rings (SSSR count). The Bertz CT molecular complexity index is 485. The number of nitrogens with zero attached hydrogens (tertiary/aromatic N) is 2. The molecule has 0 spiro atoms. The van der Waals surface area contributed by atoms with Gasteiger partial charge in [-0.15, -0.1) is 0 Å². The van der Waals surface area contributed by atoms with Crippen LogP contribution < -0.4 is 5.73 Å². The molecular weight excluding hydrogens is 205 g/mol. The van der Waals surface area contributed by atoms with Gasteiger partial charge in [0.1, 0.15) is 5.82 Å². The predicted octanol–water partition coefficient (Wildman–Crippen LogP) is 2.25. The van der Waals surface area contributed by atoms with Gasteiger partial charge in [0.25, 0.3) is 0 Å². The van der Waals surface area contributed by atoms with Gasteiger partial charge in [-0.25, -0.2) is 4.39 Å². The molecule has 1 unspecified atom stereocenters. The van der Waals surface area contributed by atoms with Crippen molar-refractivity contribution in [1.29, 1.82) is 0 Å². The number of halogens is 1. The fourth-order valence-electron chi connectivity index (χ4n) is 1.69. The van der Waals surface area contributed by atoms with Crippen molar-refractivity contribution in [3.63, 3.8) is 0 Å². The average Bonchev–Trinajstić information content (AvgIpc) is 2.61. The van der Waals surface area contributed by atoms with Crippen molar-refractivity contribution in [3.05, 3.63) is 42.0 Å². The van der Waals surface area contributed by atoms with Crippen molar-refractivity contribution in [2.45, 2.75) is 13.0 Å². The zero-order valence-electron chi connectivity index (χ0n) is 9.31. The quantitative estimate of drug-likeness (QED) is 0.841. The third-order valence-corrected chi connectivity index (χ3v) is 2.44. The molecule has 2 aromatic rings. The fraction of sp³-hybridized carbons (Fsp3) is 0.250. The zero-order chi connectivity index (χ0) is 11.7. The highest BCUT2D eigenvalue weighted by Crippen LogP contribution is 2.26. The molecule has 16 heavy (non-hydrogen) atoms. The molecule has 0 amide bonds. The summed E-state index contributed by atoms with van der Waals surface area (Å²) in [7, 11) is 1.85. The lowest BCUT2D eigenvalue weighted by Crippen LogP contribution is -2.07. The zero-order valence-corrected chi connectivity index (χ0v) is 9.31. The first-order valence-electron chi connectivity index (χ1n) is 5.13. The van der Waals surface area contributed by atoms with E-state index in [0.29, 0.717) is 0 Å². The second-order valence-electron chi connectivity index (χ2n) is 3.90. The maximum absolute atomic E-state index is 12.8. The van der Waals surface area contributed by atoms with Gasteiger partial charge < -0.3 is 5.73 Å². The van der Waals surface area contributed by atoms with E-state index in [0.717, 1.165) is 16.8 Å². The van der Waals surface area contributed by atoms with Gasteiger partial charge in [0.2, 0.25) is 0 Å². The molecule has 0 fully saturated rings. The summed E-state index contributed by atoms with van der Waals surface area (Å²) in [4.78, 5) is 0. The Kier molecular flexibility index (Phi) is 2.75. The van der Waals surface area contributed by atoms with E-state index in [2.05, 4.69) is 5.10 Å². The maximum Gasteiger partial charge on any atom is 0.123 e. The molecule has 0 saturated heterocycles. The highest BCUT2D eigenvalue weighted by atomic mass is 19.1. The van der Waals surface area contributed by atoms with Crippen LogP contribution in [0.5, 0.6) is 0 Å². The molecule has 1 aromatic carbocycles. The number of hydrogen-bond acceptors (Lipinski definition) is 2. The lowest BCUT2D eigenvalue weighted by molar-refractivity contribution is 0.628. The van der Waals surface area contributed by atoms with Crippen molar-refractivity contribution < 1.29 is 4.39 Å². The number of aryl methyl sites for hydroxylation is 1. The second-order valence-corrected chi connectivity index (χ2v) is 3.90. The van der Waals surface area contributed by atoms with Crippen LogP contribution in [0.15, 0.2) is 30.5 Å². The Hall–Kier alpha value is -1.68. The molecule has 0 bridgehead atoms. The van der Waals surface area contributed by atoms with E-state index in [9.17, 15) is 4.39 Å². The molecule has 84 valence electrons. The Morgan fingerprint density at radius 1 is 1.31 bits per heavy atom. The Balaban J connectivity index is 2.50. The molecule has 0 aliphatic carbocycles. The molecule has 0 saturated carbocycles. The van der Waals surface area contributed by atoms with Crippen molar-refractivity contribution >= 4 is 0 Å². The van der Waals surface area contributed by atoms with Gasteiger partial charge in [0, 0.05) is 24.8 Å². The fourth-order valence-corrected chi connectivity index (χ4v) is 1.69. The first kappa shape index (κ1) is 10.8. The van der Waals surface area contributed by atoms with Crippen LogP contribution in [0.2, 0.25) is 0 Å². The van der Waals surface area contributed by atoms with E-state index in [-0.39, 0.29) is 11.9 Å². The van der Waals surface area contributed by atoms with E-state index in [4.69, 9.17) is 5.73 Å². The molecule has 1 heterocycles. The van der Waals surface area contributed by atoms with Gasteiger partial charge >= 0.3 is 0 Å². The van der Waals surface area contributed by atoms with Gasteiger partial charge in [-0.2, -0.15) is 5.10 Å². The van der Waals surface area contributed by atoms with E-state index in [1.165, 1.54) is 12.1 Å². The lowest BCUT2D eigenvalue weighted by Gasteiger charge is -2.05. The van der Waals surface area contributed by atoms with E-state index in [1.807, 2.05) is 20.2 Å². The molecule has 0 aliphatic heterocycles. The summed E-state index contributed by atoms with van der Waals surface area (Å²) in [5, 5.41) is 4.31. The first-order chi connectivity index (χ1) is 7.58. The smallest absolute Gasteiger partial charge is 0.123 e. The number of rotatable bonds is 2. The highest BCUT2D eigenvalue weighted by molar-refractivity contribution is 5.65. The normalized spacial score (nSPS) is 12.8. The van der Waals surface area contributed by atoms with Crippen molar-refractivity contribution in [2.75, 3.05) is 0 Å². The minimum Gasteiger partial charge on any atom is -0.323 e. The molecule has 2 N–H and O–H groups in total. The lowest BCUT2D eigenvalue weighted by atomic mass is 10.0. The Morgan fingerprint density at radius 2 is 1.94 bits per heavy atom. The number of aromatic nitrogens is 2. The van der Waals surface area contributed by atoms with Gasteiger partial charge in [0.05, 0.1) is 5.69 Å². The van der Waals surface area contributed by atoms with Crippen LogP contribution in [0.4, 0.5) is 4.39 Å². The van der Waals surface area contributed by atoms with Crippen LogP contribution in [0.3, 0.4) is 0 Å². The standard InChI is InChI=1S/C12H14FN3/c1-8(14)12-11(7-16(2)15-12)9-3-5-10(13)6-4-9/h3-8H,14H2,1-2H3. The molecule has 0 radical (unpaired) electrons. The molecule has 0 aliphatic rings. The van der Waals surface area contributed by atoms with Crippen LogP contribution >= 0.6 is 0 Å². The summed E-state index contributed by atoms with van der Waals surface area (Å²) in [5.41, 5.74) is 8.56. The van der Waals surface area contributed by atoms with Crippen LogP contribution in [0.25, 0.3) is 11.1 Å². The Labute approximate surface area is 93.7 Å². The number of nitrogens with two attached hydrogens (primary N) is 1. The summed E-state index contributed by atoms with van der Waals surface area (Å²) in [6, 6.07) is 6.21. The molecular formula is C12H14FN3. The first-order valence-corrected chi connectivity index (χ1v) is 5.13. The van der Waals surface area contributed by atoms with Crippen molar-refractivity contribution in [2.24, 2.45) is 12.8 Å². The van der Waals surface area contributed by atoms with Crippen LogP contribution in [-0.2, 0) is 7.05 Å². The minimum atomic E-state index is -0.241. The third-order valence-electron chi connectivity index (χ3n) is 2.44. The molecule has 3 nitrogen and oxygen atoms in total. The predicted molar refractivity (Wildman–Crippen MR) is 61.2 cm³/mol. The summed E-state index contributed by atoms with van der Waals surface area (Å²) < 4.78 is 14.5. The SMILES string of the molecule is CC(N)c1nn(C)cc1-c1ccc(F)cc1. The molecule has 1 atom stereocenters. The highest BCUT2D eigenvalue weighted by Gasteiger charge is 2.13.